The highest BCUT2D eigenvalue weighted by Crippen LogP contribution is 2.33. The summed E-state index contributed by atoms with van der Waals surface area (Å²) in [7, 11) is 0. The summed E-state index contributed by atoms with van der Waals surface area (Å²) >= 11 is 0.255. The monoisotopic (exact) mass is 410 g/mol. The number of aromatic nitrogens is 2. The molecule has 1 aliphatic heterocycles. The van der Waals surface area contributed by atoms with Gasteiger partial charge in [-0.1, -0.05) is 25.8 Å². The van der Waals surface area contributed by atoms with Crippen LogP contribution in [0.4, 0.5) is 5.82 Å². The molecule has 1 aromatic carbocycles. The molecule has 0 aliphatic carbocycles. The van der Waals surface area contributed by atoms with Gasteiger partial charge in [-0.25, -0.2) is 9.97 Å². The summed E-state index contributed by atoms with van der Waals surface area (Å²) in [6.45, 7) is -10.8. The Balaban J connectivity index is 1.88. The zero-order valence-electron chi connectivity index (χ0n) is 33.2. The average Bonchev–Trinajstić information content (AvgIpc) is 3.24. The van der Waals surface area contributed by atoms with Gasteiger partial charge in [-0.05, 0) is 42.3 Å². The van der Waals surface area contributed by atoms with E-state index in [4.69, 9.17) is 26.1 Å². The van der Waals surface area contributed by atoms with Gasteiger partial charge in [-0.2, -0.15) is 5.26 Å². The van der Waals surface area contributed by atoms with Gasteiger partial charge in [-0.15, -0.1) is 11.3 Å². The van der Waals surface area contributed by atoms with E-state index >= 15 is 0 Å². The first-order valence-corrected chi connectivity index (χ1v) is 8.75. The van der Waals surface area contributed by atoms with Crippen molar-refractivity contribution >= 4 is 27.4 Å². The molecule has 28 heavy (non-hydrogen) atoms. The molecule has 3 heterocycles. The molecule has 6 heteroatoms. The topological polar surface area (TPSA) is 64.8 Å². The maximum absolute atomic E-state index is 9.35. The van der Waals surface area contributed by atoms with E-state index < -0.39 is 120 Å². The molecule has 0 bridgehead atoms. The van der Waals surface area contributed by atoms with Crippen molar-refractivity contribution in [1.82, 2.24) is 14.9 Å². The number of hydrogen-bond donors (Lipinski definition) is 1. The van der Waals surface area contributed by atoms with Crippen LogP contribution in [0.5, 0.6) is 0 Å². The SMILES string of the molecule is [2H]c1nc(N([2H])C2([2H])C([2H])([2H])CN(C([2H])c3c([2H])cc([2H])c(C#N)c3[2H])CC2([2H])[2H])c2c([2H])c(C([2H])(C([2H])([2H])[2H])C([2H])([2H])[2H])sc2n1. The number of thiophene rings is 1. The van der Waals surface area contributed by atoms with Crippen LogP contribution in [0.2, 0.25) is 1.41 Å². The molecule has 0 radical (unpaired) electrons. The van der Waals surface area contributed by atoms with Crippen LogP contribution in [0.25, 0.3) is 10.2 Å². The lowest BCUT2D eigenvalue weighted by Crippen LogP contribution is -2.38. The Kier molecular flexibility index (Phi) is 2.00. The number of nitrogens with one attached hydrogen (secondary N) is 1. The minimum atomic E-state index is -3.52. The van der Waals surface area contributed by atoms with E-state index in [1.807, 2.05) is 0 Å². The molecule has 0 saturated carbocycles. The fraction of sp³-hybridized carbons (Fsp3) is 0.409. The molecule has 1 fully saturated rings. The quantitative estimate of drug-likeness (QED) is 0.657. The van der Waals surface area contributed by atoms with Gasteiger partial charge in [0.05, 0.1) is 23.9 Å². The van der Waals surface area contributed by atoms with Crippen molar-refractivity contribution in [1.29, 1.82) is 5.26 Å². The molecule has 1 saturated heterocycles. The number of piperidine rings is 1. The van der Waals surface area contributed by atoms with Gasteiger partial charge in [0.15, 0.2) is 1.41 Å². The second kappa shape index (κ2) is 8.26. The van der Waals surface area contributed by atoms with E-state index in [0.717, 1.165) is 11.0 Å². The lowest BCUT2D eigenvalue weighted by atomic mass is 10.0. The fourth-order valence-electron chi connectivity index (χ4n) is 2.39. The molecule has 3 aromatic rings. The highest BCUT2D eigenvalue weighted by molar-refractivity contribution is 7.18. The van der Waals surface area contributed by atoms with Crippen LogP contribution in [0.3, 0.4) is 0 Å². The third-order valence-corrected chi connectivity index (χ3v) is 4.65. The van der Waals surface area contributed by atoms with Gasteiger partial charge in [0.1, 0.15) is 18.3 Å². The first-order valence-electron chi connectivity index (χ1n) is 17.5. The number of nitriles is 1. The van der Waals surface area contributed by atoms with Crippen molar-refractivity contribution in [3.63, 3.8) is 0 Å². The summed E-state index contributed by atoms with van der Waals surface area (Å²) < 4.78 is 158. The third kappa shape index (κ3) is 4.16. The van der Waals surface area contributed by atoms with E-state index in [-0.39, 0.29) is 16.6 Å². The largest absolute Gasteiger partial charge is 0.367 e. The Labute approximate surface area is 196 Å². The summed E-state index contributed by atoms with van der Waals surface area (Å²) in [5, 5.41) is 8.69. The summed E-state index contributed by atoms with van der Waals surface area (Å²) in [5.41, 5.74) is -0.884. The van der Waals surface area contributed by atoms with E-state index in [0.29, 0.717) is 0 Å². The van der Waals surface area contributed by atoms with E-state index in [1.54, 1.807) is 6.07 Å². The zero-order chi connectivity index (χ0) is 36.0. The van der Waals surface area contributed by atoms with Gasteiger partial charge in [0.2, 0.25) is 0 Å². The number of likely N-dealkylation sites (tertiary alicyclic amines) is 1. The van der Waals surface area contributed by atoms with Crippen LogP contribution in [-0.4, -0.2) is 34.0 Å². The Morgan fingerprint density at radius 3 is 3.18 bits per heavy atom. The van der Waals surface area contributed by atoms with Crippen molar-refractivity contribution in [2.75, 3.05) is 18.4 Å². The standard InChI is InChI=1S/C22H25N5S/c1-15(2)20-11-19-21(24-14-25-22(19)28-20)26-18-6-8-27(9-7-18)13-17-5-3-4-16(10-17)12-23/h3-5,10-11,14-15,18H,6-9,13H2,1-2H3,(H,24,25,26)/i1D3,2D3,4D,5D,6D2,7D2,10D,11D,13D,14D,15D,18D/hD. The molecule has 0 amide bonds. The smallest absolute Gasteiger partial charge is 0.162 e. The average molecular weight is 411 g/mol. The Bertz CT molecular complexity index is 1750. The van der Waals surface area contributed by atoms with Crippen molar-refractivity contribution < 1.29 is 26.1 Å². The lowest BCUT2D eigenvalue weighted by molar-refractivity contribution is 0.211. The summed E-state index contributed by atoms with van der Waals surface area (Å²) in [6, 6.07) is -3.31. The second-order valence-electron chi connectivity index (χ2n) is 5.57. The molecular weight excluding hydrogens is 366 g/mol. The summed E-state index contributed by atoms with van der Waals surface area (Å²) in [5.74, 6) is -4.29. The first kappa shape index (κ1) is 6.79. The van der Waals surface area contributed by atoms with Crippen molar-refractivity contribution in [3.05, 3.63) is 52.5 Å². The van der Waals surface area contributed by atoms with Gasteiger partial charge >= 0.3 is 0 Å². The minimum absolute atomic E-state index is 0.0509. The minimum Gasteiger partial charge on any atom is -0.367 e. The highest BCUT2D eigenvalue weighted by atomic mass is 32.1. The van der Waals surface area contributed by atoms with Crippen LogP contribution < -0.4 is 5.31 Å². The Morgan fingerprint density at radius 1 is 1.54 bits per heavy atom. The molecule has 0 spiro atoms. The van der Waals surface area contributed by atoms with Crippen LogP contribution in [-0.2, 0) is 6.52 Å². The van der Waals surface area contributed by atoms with Crippen LogP contribution in [0, 0.1) is 11.3 Å². The fourth-order valence-corrected chi connectivity index (χ4v) is 3.17. The molecule has 1 aliphatic rings. The highest BCUT2D eigenvalue weighted by Gasteiger charge is 2.21. The van der Waals surface area contributed by atoms with E-state index in [2.05, 4.69) is 9.97 Å². The molecule has 144 valence electrons. The zero-order valence-corrected chi connectivity index (χ0v) is 15.0. The van der Waals surface area contributed by atoms with Gasteiger partial charge in [0, 0.05) is 47.0 Å². The molecular formula is C22H25N5S. The van der Waals surface area contributed by atoms with Crippen LogP contribution in [0.15, 0.2) is 36.5 Å². The molecule has 1 atom stereocenters. The third-order valence-electron chi connectivity index (χ3n) is 3.65. The number of hydrogen-bond acceptors (Lipinski definition) is 6. The predicted octanol–water partition coefficient (Wildman–Crippen LogP) is 4.76. The number of benzene rings is 1. The van der Waals surface area contributed by atoms with Crippen molar-refractivity contribution in [3.8, 4) is 6.07 Å². The molecule has 2 aromatic heterocycles. The molecule has 1 unspecified atom stereocenters. The second-order valence-corrected chi connectivity index (χ2v) is 6.56. The van der Waals surface area contributed by atoms with Crippen LogP contribution in [0.1, 0.15) is 73.0 Å². The van der Waals surface area contributed by atoms with Gasteiger partial charge < -0.3 is 5.31 Å². The van der Waals surface area contributed by atoms with Gasteiger partial charge in [0.25, 0.3) is 0 Å². The number of rotatable bonds is 5. The summed E-state index contributed by atoms with van der Waals surface area (Å²) in [6.07, 6.45) is -7.13. The predicted molar refractivity (Wildman–Crippen MR) is 115 cm³/mol. The molecule has 4 rings (SSSR count). The van der Waals surface area contributed by atoms with Crippen LogP contribution >= 0.6 is 11.3 Å². The van der Waals surface area contributed by atoms with E-state index in [9.17, 15) is 5.26 Å². The summed E-state index contributed by atoms with van der Waals surface area (Å²) in [4.78, 5) is 7.04. The number of anilines is 1. The van der Waals surface area contributed by atoms with Crippen molar-refractivity contribution in [2.24, 2.45) is 0 Å². The first-order chi connectivity index (χ1) is 21.2. The molecule has 1 N–H and O–H groups in total. The van der Waals surface area contributed by atoms with Gasteiger partial charge in [-0.3, -0.25) is 4.90 Å². The Morgan fingerprint density at radius 2 is 2.39 bits per heavy atom. The lowest BCUT2D eigenvalue weighted by Gasteiger charge is -2.32. The number of nitrogens with zero attached hydrogens (tertiary/aromatic N) is 4. The maximum atomic E-state index is 9.35. The van der Waals surface area contributed by atoms with E-state index in [1.165, 1.54) is 0 Å². The normalized spacial score (nSPS) is 32.8. The van der Waals surface area contributed by atoms with Crippen molar-refractivity contribution in [2.45, 2.75) is 44.9 Å². The molecule has 5 nitrogen and oxygen atoms in total. The maximum Gasteiger partial charge on any atom is 0.162 e. The number of fused-ring (bicyclic) bond motifs is 1. The Hall–Kier alpha value is -2.49.